The number of carbonyl (C=O) groups is 2. The molecule has 14 heavy (non-hydrogen) atoms. The molecule has 4 heteroatoms. The van der Waals surface area contributed by atoms with Crippen molar-refractivity contribution in [3.05, 3.63) is 0 Å². The van der Waals surface area contributed by atoms with Crippen molar-refractivity contribution < 1.29 is 14.7 Å². The topological polar surface area (TPSA) is 66.4 Å². The fraction of sp³-hybridized carbons (Fsp3) is 0.800. The second-order valence-corrected chi connectivity index (χ2v) is 4.34. The van der Waals surface area contributed by atoms with E-state index in [1.807, 2.05) is 0 Å². The summed E-state index contributed by atoms with van der Waals surface area (Å²) in [6.45, 7) is 0. The third-order valence-corrected chi connectivity index (χ3v) is 3.28. The van der Waals surface area contributed by atoms with Gasteiger partial charge in [0.15, 0.2) is 0 Å². The first kappa shape index (κ1) is 9.49. The third kappa shape index (κ3) is 1.49. The number of rotatable bonds is 3. The van der Waals surface area contributed by atoms with Crippen LogP contribution in [0, 0.1) is 5.41 Å². The molecule has 2 rings (SSSR count). The van der Waals surface area contributed by atoms with Crippen LogP contribution in [0.2, 0.25) is 0 Å². The van der Waals surface area contributed by atoms with Gasteiger partial charge in [-0.2, -0.15) is 0 Å². The van der Waals surface area contributed by atoms with Crippen LogP contribution in [0.4, 0.5) is 0 Å². The normalized spacial score (nSPS) is 24.6. The molecule has 2 aliphatic rings. The number of hydrogen-bond donors (Lipinski definition) is 2. The maximum absolute atomic E-state index is 11.6. The van der Waals surface area contributed by atoms with E-state index < -0.39 is 11.4 Å². The Morgan fingerprint density at radius 2 is 1.79 bits per heavy atom. The summed E-state index contributed by atoms with van der Waals surface area (Å²) >= 11 is 0. The van der Waals surface area contributed by atoms with E-state index in [0.29, 0.717) is 12.8 Å². The second-order valence-electron chi connectivity index (χ2n) is 4.34. The van der Waals surface area contributed by atoms with Gasteiger partial charge in [0.25, 0.3) is 0 Å². The van der Waals surface area contributed by atoms with Gasteiger partial charge >= 0.3 is 5.97 Å². The molecular weight excluding hydrogens is 182 g/mol. The molecule has 0 heterocycles. The Morgan fingerprint density at radius 1 is 1.21 bits per heavy atom. The van der Waals surface area contributed by atoms with Crippen molar-refractivity contribution in [3.63, 3.8) is 0 Å². The van der Waals surface area contributed by atoms with Crippen LogP contribution in [-0.2, 0) is 9.59 Å². The van der Waals surface area contributed by atoms with E-state index >= 15 is 0 Å². The van der Waals surface area contributed by atoms with Crippen LogP contribution >= 0.6 is 0 Å². The van der Waals surface area contributed by atoms with Gasteiger partial charge in [-0.25, -0.2) is 0 Å². The number of hydrogen-bond acceptors (Lipinski definition) is 2. The zero-order valence-corrected chi connectivity index (χ0v) is 8.08. The van der Waals surface area contributed by atoms with E-state index in [1.165, 1.54) is 0 Å². The summed E-state index contributed by atoms with van der Waals surface area (Å²) in [5.41, 5.74) is -1.07. The van der Waals surface area contributed by atoms with E-state index in [9.17, 15) is 9.59 Å². The Bertz CT molecular complexity index is 265. The SMILES string of the molecule is O=C(O)C1(C(=O)NC2CCCC2)CC1. The lowest BCUT2D eigenvalue weighted by atomic mass is 10.1. The van der Waals surface area contributed by atoms with E-state index in [0.717, 1.165) is 25.7 Å². The lowest BCUT2D eigenvalue weighted by molar-refractivity contribution is -0.149. The van der Waals surface area contributed by atoms with Crippen molar-refractivity contribution in [3.8, 4) is 0 Å². The van der Waals surface area contributed by atoms with Crippen LogP contribution in [0.1, 0.15) is 38.5 Å². The smallest absolute Gasteiger partial charge is 0.319 e. The summed E-state index contributed by atoms with van der Waals surface area (Å²) in [5, 5.41) is 11.7. The van der Waals surface area contributed by atoms with Gasteiger partial charge in [0, 0.05) is 6.04 Å². The molecule has 0 saturated heterocycles. The standard InChI is InChI=1S/C10H15NO3/c12-8(10(5-6-10)9(13)14)11-7-3-1-2-4-7/h7H,1-6H2,(H,11,12)(H,13,14). The zero-order chi connectivity index (χ0) is 10.2. The van der Waals surface area contributed by atoms with Crippen LogP contribution < -0.4 is 5.32 Å². The monoisotopic (exact) mass is 197 g/mol. The van der Waals surface area contributed by atoms with Crippen molar-refractivity contribution in [2.45, 2.75) is 44.6 Å². The molecule has 0 radical (unpaired) electrons. The van der Waals surface area contributed by atoms with Crippen LogP contribution in [0.25, 0.3) is 0 Å². The molecular formula is C10H15NO3. The Morgan fingerprint density at radius 3 is 2.21 bits per heavy atom. The van der Waals surface area contributed by atoms with Crippen LogP contribution in [-0.4, -0.2) is 23.0 Å². The van der Waals surface area contributed by atoms with Gasteiger partial charge in [-0.15, -0.1) is 0 Å². The highest BCUT2D eigenvalue weighted by atomic mass is 16.4. The highest BCUT2D eigenvalue weighted by molar-refractivity contribution is 6.04. The van der Waals surface area contributed by atoms with Crippen molar-refractivity contribution in [2.24, 2.45) is 5.41 Å². The molecule has 2 aliphatic carbocycles. The van der Waals surface area contributed by atoms with Crippen molar-refractivity contribution in [1.82, 2.24) is 5.32 Å². The number of amides is 1. The Balaban J connectivity index is 1.92. The minimum absolute atomic E-state index is 0.222. The first-order valence-corrected chi connectivity index (χ1v) is 5.19. The lowest BCUT2D eigenvalue weighted by Gasteiger charge is -2.15. The fourth-order valence-corrected chi connectivity index (χ4v) is 2.06. The minimum atomic E-state index is -1.07. The van der Waals surface area contributed by atoms with Gasteiger partial charge in [-0.05, 0) is 25.7 Å². The molecule has 78 valence electrons. The molecule has 2 fully saturated rings. The Labute approximate surface area is 82.7 Å². The molecule has 0 aromatic rings. The van der Waals surface area contributed by atoms with Gasteiger partial charge in [-0.1, -0.05) is 12.8 Å². The van der Waals surface area contributed by atoms with Crippen molar-refractivity contribution in [2.75, 3.05) is 0 Å². The van der Waals surface area contributed by atoms with Gasteiger partial charge in [0.2, 0.25) is 5.91 Å². The molecule has 4 nitrogen and oxygen atoms in total. The predicted molar refractivity (Wildman–Crippen MR) is 49.7 cm³/mol. The fourth-order valence-electron chi connectivity index (χ4n) is 2.06. The molecule has 0 aromatic carbocycles. The van der Waals surface area contributed by atoms with E-state index in [-0.39, 0.29) is 11.9 Å². The maximum atomic E-state index is 11.6. The first-order valence-electron chi connectivity index (χ1n) is 5.19. The summed E-state index contributed by atoms with van der Waals surface area (Å²) in [6, 6.07) is 0.222. The second kappa shape index (κ2) is 3.26. The van der Waals surface area contributed by atoms with Crippen LogP contribution in [0.3, 0.4) is 0 Å². The number of carbonyl (C=O) groups excluding carboxylic acids is 1. The van der Waals surface area contributed by atoms with Crippen LogP contribution in [0.15, 0.2) is 0 Å². The highest BCUT2D eigenvalue weighted by Crippen LogP contribution is 2.46. The van der Waals surface area contributed by atoms with Crippen LogP contribution in [0.5, 0.6) is 0 Å². The quantitative estimate of drug-likeness (QED) is 0.661. The summed E-state index contributed by atoms with van der Waals surface area (Å²) in [7, 11) is 0. The van der Waals surface area contributed by atoms with Gasteiger partial charge in [0.1, 0.15) is 5.41 Å². The van der Waals surface area contributed by atoms with Gasteiger partial charge < -0.3 is 10.4 Å². The molecule has 2 N–H and O–H groups in total. The highest BCUT2D eigenvalue weighted by Gasteiger charge is 2.57. The molecule has 0 bridgehead atoms. The summed E-state index contributed by atoms with van der Waals surface area (Å²) in [4.78, 5) is 22.5. The average molecular weight is 197 g/mol. The summed E-state index contributed by atoms with van der Waals surface area (Å²) < 4.78 is 0. The average Bonchev–Trinajstić information content (AvgIpc) is 2.81. The maximum Gasteiger partial charge on any atom is 0.319 e. The van der Waals surface area contributed by atoms with E-state index in [1.54, 1.807) is 0 Å². The molecule has 0 spiro atoms. The van der Waals surface area contributed by atoms with Crippen molar-refractivity contribution >= 4 is 11.9 Å². The number of nitrogens with one attached hydrogen (secondary N) is 1. The summed E-state index contributed by atoms with van der Waals surface area (Å²) in [5.74, 6) is -1.23. The Kier molecular flexibility index (Phi) is 2.21. The largest absolute Gasteiger partial charge is 0.480 e. The lowest BCUT2D eigenvalue weighted by Crippen LogP contribution is -2.41. The molecule has 2 saturated carbocycles. The van der Waals surface area contributed by atoms with Gasteiger partial charge in [-0.3, -0.25) is 9.59 Å². The molecule has 0 atom stereocenters. The van der Waals surface area contributed by atoms with E-state index in [2.05, 4.69) is 5.32 Å². The minimum Gasteiger partial charge on any atom is -0.480 e. The summed E-state index contributed by atoms with van der Waals surface area (Å²) in [6.07, 6.45) is 5.29. The molecule has 0 unspecified atom stereocenters. The Hall–Kier alpha value is -1.06. The number of carboxylic acids is 1. The first-order chi connectivity index (χ1) is 6.65. The van der Waals surface area contributed by atoms with E-state index in [4.69, 9.17) is 5.11 Å². The molecule has 1 amide bonds. The van der Waals surface area contributed by atoms with Crippen molar-refractivity contribution in [1.29, 1.82) is 0 Å². The molecule has 0 aromatic heterocycles. The number of aliphatic carboxylic acids is 1. The molecule has 0 aliphatic heterocycles. The third-order valence-electron chi connectivity index (χ3n) is 3.28. The van der Waals surface area contributed by atoms with Gasteiger partial charge in [0.05, 0.1) is 0 Å². The predicted octanol–water partition coefficient (Wildman–Crippen LogP) is 0.910. The number of carboxylic acid groups (broad SMARTS) is 1. The zero-order valence-electron chi connectivity index (χ0n) is 8.08.